The van der Waals surface area contributed by atoms with Crippen molar-refractivity contribution < 1.29 is 14.3 Å². The van der Waals surface area contributed by atoms with Gasteiger partial charge in [-0.05, 0) is 10.4 Å². The molecule has 0 atom stereocenters. The van der Waals surface area contributed by atoms with E-state index in [1.165, 1.54) is 0 Å². The van der Waals surface area contributed by atoms with E-state index in [4.69, 9.17) is 9.79 Å². The summed E-state index contributed by atoms with van der Waals surface area (Å²) in [5, 5.41) is 11.6. The van der Waals surface area contributed by atoms with Crippen molar-refractivity contribution in [3.05, 3.63) is 0 Å². The van der Waals surface area contributed by atoms with Crippen LogP contribution < -0.4 is 4.52 Å². The average molecular weight is 150 g/mol. The Bertz CT molecular complexity index is 162. The zero-order chi connectivity index (χ0) is 6.69. The minimum atomic E-state index is -2.42. The molecule has 1 aromatic heterocycles. The van der Waals surface area contributed by atoms with Crippen LogP contribution in [0.4, 0.5) is 0 Å². The lowest BCUT2D eigenvalue weighted by Crippen LogP contribution is -1.86. The number of tetrazole rings is 1. The van der Waals surface area contributed by atoms with Gasteiger partial charge in [-0.2, -0.15) is 0 Å². The monoisotopic (exact) mass is 150 g/mol. The van der Waals surface area contributed by atoms with Crippen molar-refractivity contribution in [2.24, 2.45) is 0 Å². The maximum absolute atomic E-state index is 8.21. The van der Waals surface area contributed by atoms with Gasteiger partial charge in [0.05, 0.1) is 0 Å². The standard InChI is InChI=1S/CH3N4O3P/c6-9(7)8-1-2-4-5-3-1/h6-7H,(H,2,3,4,5). The number of H-pyrrole nitrogens is 1. The van der Waals surface area contributed by atoms with Gasteiger partial charge in [0, 0.05) is 0 Å². The largest absolute Gasteiger partial charge is 0.394 e. The van der Waals surface area contributed by atoms with E-state index in [0.29, 0.717) is 0 Å². The fourth-order valence-electron chi connectivity index (χ4n) is 0.266. The average Bonchev–Trinajstić information content (AvgIpc) is 2.15. The summed E-state index contributed by atoms with van der Waals surface area (Å²) in [6.45, 7) is 0. The lowest BCUT2D eigenvalue weighted by molar-refractivity contribution is 0.362. The van der Waals surface area contributed by atoms with E-state index in [1.54, 1.807) is 0 Å². The molecule has 3 N–H and O–H groups in total. The van der Waals surface area contributed by atoms with Crippen LogP contribution in [0, 0.1) is 0 Å². The van der Waals surface area contributed by atoms with Crippen molar-refractivity contribution in [3.8, 4) is 6.01 Å². The molecule has 0 spiro atoms. The molecule has 0 aliphatic rings. The molecule has 0 saturated heterocycles. The molecule has 0 unspecified atom stereocenters. The first-order valence-corrected chi connectivity index (χ1v) is 3.05. The van der Waals surface area contributed by atoms with Crippen molar-refractivity contribution in [2.45, 2.75) is 0 Å². The summed E-state index contributed by atoms with van der Waals surface area (Å²) in [5.41, 5.74) is 0. The van der Waals surface area contributed by atoms with Gasteiger partial charge in [0.15, 0.2) is 0 Å². The van der Waals surface area contributed by atoms with E-state index in [9.17, 15) is 0 Å². The highest BCUT2D eigenvalue weighted by Crippen LogP contribution is 2.24. The quantitative estimate of drug-likeness (QED) is 0.457. The van der Waals surface area contributed by atoms with Crippen LogP contribution in [0.25, 0.3) is 0 Å². The third kappa shape index (κ3) is 1.88. The van der Waals surface area contributed by atoms with Gasteiger partial charge in [0.2, 0.25) is 0 Å². The Balaban J connectivity index is 2.48. The van der Waals surface area contributed by atoms with Crippen molar-refractivity contribution >= 4 is 8.60 Å². The summed E-state index contributed by atoms with van der Waals surface area (Å²) in [4.78, 5) is 16.4. The molecule has 0 aromatic carbocycles. The number of rotatable bonds is 2. The molecule has 0 bridgehead atoms. The van der Waals surface area contributed by atoms with E-state index >= 15 is 0 Å². The molecule has 50 valence electrons. The van der Waals surface area contributed by atoms with E-state index in [1.807, 2.05) is 0 Å². The Morgan fingerprint density at radius 2 is 2.33 bits per heavy atom. The number of nitrogens with zero attached hydrogens (tertiary/aromatic N) is 3. The van der Waals surface area contributed by atoms with Gasteiger partial charge in [0.25, 0.3) is 0 Å². The summed E-state index contributed by atoms with van der Waals surface area (Å²) in [6, 6.07) is -0.105. The molecular formula is CH3N4O3P. The second-order valence-electron chi connectivity index (χ2n) is 1.05. The predicted molar refractivity (Wildman–Crippen MR) is 26.2 cm³/mol. The summed E-state index contributed by atoms with van der Waals surface area (Å²) in [6.07, 6.45) is 0. The number of aromatic nitrogens is 4. The van der Waals surface area contributed by atoms with Gasteiger partial charge in [-0.15, -0.1) is 0 Å². The van der Waals surface area contributed by atoms with E-state index in [0.717, 1.165) is 0 Å². The second-order valence-corrected chi connectivity index (χ2v) is 1.74. The molecule has 0 aliphatic heterocycles. The molecule has 0 fully saturated rings. The summed E-state index contributed by atoms with van der Waals surface area (Å²) < 4.78 is 4.24. The summed E-state index contributed by atoms with van der Waals surface area (Å²) >= 11 is 0. The number of hydrogen-bond acceptors (Lipinski definition) is 6. The van der Waals surface area contributed by atoms with E-state index < -0.39 is 8.60 Å². The minimum Gasteiger partial charge on any atom is -0.391 e. The first kappa shape index (κ1) is 6.34. The maximum Gasteiger partial charge on any atom is 0.394 e. The van der Waals surface area contributed by atoms with Crippen LogP contribution in [0.2, 0.25) is 0 Å². The van der Waals surface area contributed by atoms with Crippen LogP contribution in [0.5, 0.6) is 6.01 Å². The van der Waals surface area contributed by atoms with Crippen LogP contribution >= 0.6 is 8.60 Å². The van der Waals surface area contributed by atoms with E-state index in [-0.39, 0.29) is 6.01 Å². The molecule has 8 heteroatoms. The molecule has 1 heterocycles. The Morgan fingerprint density at radius 1 is 1.56 bits per heavy atom. The first-order valence-electron chi connectivity index (χ1n) is 1.88. The fourth-order valence-corrected chi connectivity index (χ4v) is 0.499. The Labute approximate surface area is 50.7 Å². The van der Waals surface area contributed by atoms with Crippen LogP contribution in [0.15, 0.2) is 0 Å². The van der Waals surface area contributed by atoms with Crippen LogP contribution in [0.3, 0.4) is 0 Å². The Morgan fingerprint density at radius 3 is 2.78 bits per heavy atom. The SMILES string of the molecule is OP(O)Oc1nnn[nH]1. The molecule has 1 aromatic rings. The normalized spacial score (nSPS) is 10.1. The third-order valence-electron chi connectivity index (χ3n) is 0.494. The van der Waals surface area contributed by atoms with Gasteiger partial charge in [-0.3, -0.25) is 0 Å². The fraction of sp³-hybridized carbons (Fsp3) is 0. The van der Waals surface area contributed by atoms with Crippen molar-refractivity contribution in [2.75, 3.05) is 0 Å². The maximum atomic E-state index is 8.21. The number of aromatic amines is 1. The van der Waals surface area contributed by atoms with Crippen LogP contribution in [0.1, 0.15) is 0 Å². The third-order valence-corrected chi connectivity index (χ3v) is 0.830. The van der Waals surface area contributed by atoms with Gasteiger partial charge in [-0.1, -0.05) is 5.10 Å². The lowest BCUT2D eigenvalue weighted by atomic mass is 11.3. The zero-order valence-corrected chi connectivity index (χ0v) is 4.99. The van der Waals surface area contributed by atoms with Gasteiger partial charge in [0.1, 0.15) is 0 Å². The highest BCUT2D eigenvalue weighted by molar-refractivity contribution is 7.39. The molecule has 0 aliphatic carbocycles. The molecule has 0 radical (unpaired) electrons. The minimum absolute atomic E-state index is 0.105. The van der Waals surface area contributed by atoms with E-state index in [2.05, 4.69) is 25.1 Å². The second kappa shape index (κ2) is 2.67. The lowest BCUT2D eigenvalue weighted by Gasteiger charge is -1.96. The van der Waals surface area contributed by atoms with Gasteiger partial charge >= 0.3 is 14.6 Å². The highest BCUT2D eigenvalue weighted by Gasteiger charge is 2.03. The Kier molecular flexibility index (Phi) is 1.88. The number of nitrogens with one attached hydrogen (secondary N) is 1. The molecular weight excluding hydrogens is 147 g/mol. The molecule has 0 amide bonds. The molecule has 7 nitrogen and oxygen atoms in total. The molecule has 0 saturated carbocycles. The molecule has 9 heavy (non-hydrogen) atoms. The topological polar surface area (TPSA) is 104 Å². The van der Waals surface area contributed by atoms with Crippen LogP contribution in [-0.4, -0.2) is 30.4 Å². The number of hydrogen-bond donors (Lipinski definition) is 3. The van der Waals surface area contributed by atoms with Crippen molar-refractivity contribution in [1.82, 2.24) is 20.6 Å². The molecule has 1 rings (SSSR count). The summed E-state index contributed by atoms with van der Waals surface area (Å²) in [7, 11) is -2.42. The first-order chi connectivity index (χ1) is 4.29. The Hall–Kier alpha value is -0.780. The van der Waals surface area contributed by atoms with Gasteiger partial charge < -0.3 is 14.3 Å². The summed E-state index contributed by atoms with van der Waals surface area (Å²) in [5.74, 6) is 0. The van der Waals surface area contributed by atoms with Crippen molar-refractivity contribution in [1.29, 1.82) is 0 Å². The van der Waals surface area contributed by atoms with Gasteiger partial charge in [-0.25, -0.2) is 5.10 Å². The predicted octanol–water partition coefficient (Wildman–Crippen LogP) is -1.21. The highest BCUT2D eigenvalue weighted by atomic mass is 31.2. The smallest absolute Gasteiger partial charge is 0.391 e. The van der Waals surface area contributed by atoms with Crippen LogP contribution in [-0.2, 0) is 0 Å². The zero-order valence-electron chi connectivity index (χ0n) is 4.09. The van der Waals surface area contributed by atoms with Crippen molar-refractivity contribution in [3.63, 3.8) is 0 Å².